The summed E-state index contributed by atoms with van der Waals surface area (Å²) < 4.78 is 3.82. The SMILES string of the molecule is Clc1ccccc1Cn1cc(CNCCn2cccn2)cn1. The topological polar surface area (TPSA) is 47.7 Å². The van der Waals surface area contributed by atoms with Crippen LogP contribution in [-0.4, -0.2) is 26.1 Å². The summed E-state index contributed by atoms with van der Waals surface area (Å²) in [6.45, 7) is 3.22. The van der Waals surface area contributed by atoms with Gasteiger partial charge in [-0.1, -0.05) is 29.8 Å². The molecule has 0 fully saturated rings. The average Bonchev–Trinajstić information content (AvgIpc) is 3.18. The number of hydrogen-bond donors (Lipinski definition) is 1. The van der Waals surface area contributed by atoms with Crippen LogP contribution in [0.2, 0.25) is 5.02 Å². The minimum Gasteiger partial charge on any atom is -0.311 e. The molecular formula is C16H18ClN5. The number of nitrogens with one attached hydrogen (secondary N) is 1. The predicted octanol–water partition coefficient (Wildman–Crippen LogP) is 2.57. The standard InChI is InChI=1S/C16H18ClN5/c17-16-5-2-1-4-15(16)13-22-12-14(11-20-22)10-18-7-9-21-8-3-6-19-21/h1-6,8,11-12,18H,7,9-10,13H2. The molecule has 0 aliphatic rings. The van der Waals surface area contributed by atoms with Crippen LogP contribution in [0.5, 0.6) is 0 Å². The van der Waals surface area contributed by atoms with Gasteiger partial charge in [-0.3, -0.25) is 9.36 Å². The van der Waals surface area contributed by atoms with Crippen LogP contribution >= 0.6 is 11.6 Å². The fraction of sp³-hybridized carbons (Fsp3) is 0.250. The van der Waals surface area contributed by atoms with Gasteiger partial charge in [0.1, 0.15) is 0 Å². The molecule has 0 saturated heterocycles. The number of rotatable bonds is 7. The lowest BCUT2D eigenvalue weighted by molar-refractivity contribution is 0.554. The Balaban J connectivity index is 1.48. The Bertz CT molecular complexity index is 705. The van der Waals surface area contributed by atoms with E-state index < -0.39 is 0 Å². The van der Waals surface area contributed by atoms with Gasteiger partial charge >= 0.3 is 0 Å². The molecule has 3 aromatic rings. The van der Waals surface area contributed by atoms with Crippen molar-refractivity contribution in [3.8, 4) is 0 Å². The Morgan fingerprint density at radius 3 is 2.82 bits per heavy atom. The molecule has 114 valence electrons. The van der Waals surface area contributed by atoms with Gasteiger partial charge in [-0.25, -0.2) is 0 Å². The third kappa shape index (κ3) is 3.96. The third-order valence-electron chi connectivity index (χ3n) is 3.38. The van der Waals surface area contributed by atoms with E-state index in [1.807, 2.05) is 58.3 Å². The molecule has 0 bridgehead atoms. The van der Waals surface area contributed by atoms with Crippen LogP contribution in [0.3, 0.4) is 0 Å². The first kappa shape index (κ1) is 14.8. The van der Waals surface area contributed by atoms with E-state index in [1.54, 1.807) is 6.20 Å². The summed E-state index contributed by atoms with van der Waals surface area (Å²) in [5, 5.41) is 12.7. The lowest BCUT2D eigenvalue weighted by atomic mass is 10.2. The fourth-order valence-electron chi connectivity index (χ4n) is 2.24. The zero-order chi connectivity index (χ0) is 15.2. The Morgan fingerprint density at radius 2 is 2.00 bits per heavy atom. The number of nitrogens with zero attached hydrogens (tertiary/aromatic N) is 4. The molecule has 1 aromatic carbocycles. The zero-order valence-corrected chi connectivity index (χ0v) is 12.9. The van der Waals surface area contributed by atoms with E-state index in [-0.39, 0.29) is 0 Å². The third-order valence-corrected chi connectivity index (χ3v) is 3.75. The summed E-state index contributed by atoms with van der Waals surface area (Å²) in [5.41, 5.74) is 2.23. The van der Waals surface area contributed by atoms with E-state index in [0.717, 1.165) is 35.8 Å². The van der Waals surface area contributed by atoms with E-state index in [0.29, 0.717) is 6.54 Å². The van der Waals surface area contributed by atoms with Crippen molar-refractivity contribution in [1.29, 1.82) is 0 Å². The largest absolute Gasteiger partial charge is 0.311 e. The molecule has 1 N–H and O–H groups in total. The van der Waals surface area contributed by atoms with E-state index in [4.69, 9.17) is 11.6 Å². The second kappa shape index (κ2) is 7.24. The Morgan fingerprint density at radius 1 is 1.09 bits per heavy atom. The average molecular weight is 316 g/mol. The van der Waals surface area contributed by atoms with Crippen LogP contribution in [0.25, 0.3) is 0 Å². The van der Waals surface area contributed by atoms with Gasteiger partial charge in [-0.2, -0.15) is 10.2 Å². The maximum Gasteiger partial charge on any atom is 0.0674 e. The van der Waals surface area contributed by atoms with Gasteiger partial charge in [-0.05, 0) is 17.7 Å². The molecule has 0 spiro atoms. The van der Waals surface area contributed by atoms with Gasteiger partial charge in [0.15, 0.2) is 0 Å². The highest BCUT2D eigenvalue weighted by molar-refractivity contribution is 6.31. The van der Waals surface area contributed by atoms with Crippen molar-refractivity contribution < 1.29 is 0 Å². The van der Waals surface area contributed by atoms with Crippen molar-refractivity contribution >= 4 is 11.6 Å². The van der Waals surface area contributed by atoms with Crippen molar-refractivity contribution in [2.24, 2.45) is 0 Å². The quantitative estimate of drug-likeness (QED) is 0.682. The van der Waals surface area contributed by atoms with E-state index in [2.05, 4.69) is 15.5 Å². The van der Waals surface area contributed by atoms with Crippen LogP contribution in [0.15, 0.2) is 55.1 Å². The summed E-state index contributed by atoms with van der Waals surface area (Å²) in [7, 11) is 0. The van der Waals surface area contributed by atoms with Gasteiger partial charge in [-0.15, -0.1) is 0 Å². The van der Waals surface area contributed by atoms with Crippen LogP contribution in [0, 0.1) is 0 Å². The molecule has 0 aliphatic heterocycles. The second-order valence-electron chi connectivity index (χ2n) is 5.08. The summed E-state index contributed by atoms with van der Waals surface area (Å²) in [6, 6.07) is 9.77. The Kier molecular flexibility index (Phi) is 4.88. The van der Waals surface area contributed by atoms with E-state index >= 15 is 0 Å². The zero-order valence-electron chi connectivity index (χ0n) is 12.2. The molecule has 0 unspecified atom stereocenters. The normalized spacial score (nSPS) is 11.0. The maximum absolute atomic E-state index is 6.17. The lowest BCUT2D eigenvalue weighted by Crippen LogP contribution is -2.19. The molecule has 22 heavy (non-hydrogen) atoms. The first-order valence-electron chi connectivity index (χ1n) is 7.24. The molecule has 0 aliphatic carbocycles. The van der Waals surface area contributed by atoms with Crippen LogP contribution in [-0.2, 0) is 19.6 Å². The molecule has 5 nitrogen and oxygen atoms in total. The number of hydrogen-bond acceptors (Lipinski definition) is 3. The minimum absolute atomic E-state index is 0.687. The molecule has 0 amide bonds. The molecule has 2 heterocycles. The van der Waals surface area contributed by atoms with Crippen LogP contribution in [0.4, 0.5) is 0 Å². The summed E-state index contributed by atoms with van der Waals surface area (Å²) >= 11 is 6.17. The van der Waals surface area contributed by atoms with Gasteiger partial charge < -0.3 is 5.32 Å². The molecular weight excluding hydrogens is 298 g/mol. The van der Waals surface area contributed by atoms with Crippen molar-refractivity contribution in [3.05, 3.63) is 71.3 Å². The highest BCUT2D eigenvalue weighted by atomic mass is 35.5. The fourth-order valence-corrected chi connectivity index (χ4v) is 2.44. The summed E-state index contributed by atoms with van der Waals surface area (Å²) in [6.07, 6.45) is 7.68. The number of halogens is 1. The molecule has 0 radical (unpaired) electrons. The lowest BCUT2D eigenvalue weighted by Gasteiger charge is -2.04. The van der Waals surface area contributed by atoms with Crippen molar-refractivity contribution in [2.75, 3.05) is 6.54 Å². The van der Waals surface area contributed by atoms with Gasteiger partial charge in [0.2, 0.25) is 0 Å². The number of benzene rings is 1. The van der Waals surface area contributed by atoms with E-state index in [9.17, 15) is 0 Å². The minimum atomic E-state index is 0.687. The van der Waals surface area contributed by atoms with Crippen LogP contribution in [0.1, 0.15) is 11.1 Å². The van der Waals surface area contributed by atoms with Gasteiger partial charge in [0.25, 0.3) is 0 Å². The predicted molar refractivity (Wildman–Crippen MR) is 86.7 cm³/mol. The van der Waals surface area contributed by atoms with Crippen LogP contribution < -0.4 is 5.32 Å². The van der Waals surface area contributed by atoms with Crippen molar-refractivity contribution in [1.82, 2.24) is 24.9 Å². The van der Waals surface area contributed by atoms with Gasteiger partial charge in [0.05, 0.1) is 19.3 Å². The highest BCUT2D eigenvalue weighted by Gasteiger charge is 2.02. The van der Waals surface area contributed by atoms with Crippen molar-refractivity contribution in [3.63, 3.8) is 0 Å². The van der Waals surface area contributed by atoms with Gasteiger partial charge in [0, 0.05) is 42.3 Å². The highest BCUT2D eigenvalue weighted by Crippen LogP contribution is 2.16. The summed E-state index contributed by atoms with van der Waals surface area (Å²) in [4.78, 5) is 0. The molecule has 2 aromatic heterocycles. The second-order valence-corrected chi connectivity index (χ2v) is 5.49. The molecule has 0 saturated carbocycles. The monoisotopic (exact) mass is 315 g/mol. The number of aromatic nitrogens is 4. The van der Waals surface area contributed by atoms with E-state index in [1.165, 1.54) is 0 Å². The Labute approximate surface area is 134 Å². The first-order valence-corrected chi connectivity index (χ1v) is 7.62. The summed E-state index contributed by atoms with van der Waals surface area (Å²) in [5.74, 6) is 0. The molecule has 3 rings (SSSR count). The smallest absolute Gasteiger partial charge is 0.0674 e. The molecule has 0 atom stereocenters. The Hall–Kier alpha value is -2.11. The van der Waals surface area contributed by atoms with Crippen molar-refractivity contribution in [2.45, 2.75) is 19.6 Å². The molecule has 6 heteroatoms. The first-order chi connectivity index (χ1) is 10.8. The maximum atomic E-state index is 6.17.